The molecule has 2 aromatic heterocycles. The number of halogens is 3. The molecule has 0 radical (unpaired) electrons. The van der Waals surface area contributed by atoms with Crippen molar-refractivity contribution >= 4 is 46.6 Å². The fourth-order valence-corrected chi connectivity index (χ4v) is 5.02. The molecule has 1 unspecified atom stereocenters. The van der Waals surface area contributed by atoms with E-state index in [1.165, 1.54) is 13.2 Å². The Kier molecular flexibility index (Phi) is 8.86. The molecule has 0 fully saturated rings. The Hall–Kier alpha value is -4.13. The van der Waals surface area contributed by atoms with Crippen molar-refractivity contribution in [2.45, 2.75) is 19.1 Å². The molecule has 4 aromatic rings. The number of pyridine rings is 1. The molecule has 10 nitrogen and oxygen atoms in total. The lowest BCUT2D eigenvalue weighted by Crippen LogP contribution is -2.27. The Balaban J connectivity index is 1.59. The minimum atomic E-state index is -4.76. The maximum absolute atomic E-state index is 13.8. The quantitative estimate of drug-likeness (QED) is 0.222. The first-order chi connectivity index (χ1) is 19.3. The summed E-state index contributed by atoms with van der Waals surface area (Å²) in [5.41, 5.74) is 1.17. The van der Waals surface area contributed by atoms with Crippen LogP contribution in [0.1, 0.15) is 22.3 Å². The molecule has 4 rings (SSSR count). The lowest BCUT2D eigenvalue weighted by molar-refractivity contribution is -0.137. The molecule has 3 N–H and O–H groups in total. The van der Waals surface area contributed by atoms with Crippen molar-refractivity contribution in [2.24, 2.45) is 0 Å². The van der Waals surface area contributed by atoms with E-state index in [9.17, 15) is 31.0 Å². The Morgan fingerprint density at radius 3 is 2.46 bits per heavy atom. The summed E-state index contributed by atoms with van der Waals surface area (Å²) in [6.45, 7) is -0.204. The number of sulfonamides is 1. The molecule has 0 aliphatic heterocycles. The van der Waals surface area contributed by atoms with Crippen LogP contribution < -0.4 is 20.2 Å². The van der Waals surface area contributed by atoms with Crippen molar-refractivity contribution in [3.05, 3.63) is 95.3 Å². The van der Waals surface area contributed by atoms with E-state index in [1.807, 2.05) is 6.07 Å². The van der Waals surface area contributed by atoms with Gasteiger partial charge in [0.15, 0.2) is 0 Å². The molecule has 214 valence electrons. The second-order valence-electron chi connectivity index (χ2n) is 8.93. The Bertz CT molecular complexity index is 1690. The number of hydrogen-bond donors (Lipinski definition) is 3. The topological polar surface area (TPSA) is 137 Å². The molecule has 0 amide bonds. The zero-order chi connectivity index (χ0) is 29.8. The second-order valence-corrected chi connectivity index (χ2v) is 12.0. The van der Waals surface area contributed by atoms with Crippen LogP contribution in [0.5, 0.6) is 0 Å². The van der Waals surface area contributed by atoms with Crippen LogP contribution in [-0.2, 0) is 33.7 Å². The maximum Gasteiger partial charge on any atom is 0.546 e. The molecule has 0 saturated heterocycles. The third-order valence-electron chi connectivity index (χ3n) is 5.98. The van der Waals surface area contributed by atoms with Gasteiger partial charge in [-0.3, -0.25) is 4.31 Å². The average molecular weight is 606 g/mol. The monoisotopic (exact) mass is 605 g/mol. The van der Waals surface area contributed by atoms with Crippen LogP contribution in [0.25, 0.3) is 0 Å². The van der Waals surface area contributed by atoms with E-state index in [0.29, 0.717) is 34.7 Å². The van der Waals surface area contributed by atoms with Crippen molar-refractivity contribution in [1.82, 2.24) is 15.0 Å². The smallest absolute Gasteiger partial charge is 0.365 e. The summed E-state index contributed by atoms with van der Waals surface area (Å²) in [6, 6.07) is 16.8. The van der Waals surface area contributed by atoms with Crippen LogP contribution in [-0.4, -0.2) is 41.6 Å². The fourth-order valence-electron chi connectivity index (χ4n) is 3.93. The number of aromatic nitrogens is 3. The third kappa shape index (κ3) is 7.54. The number of alkyl halides is 3. The molecule has 0 saturated carbocycles. The number of anilines is 4. The molecule has 0 spiro atoms. The number of rotatable bonds is 10. The van der Waals surface area contributed by atoms with Gasteiger partial charge in [0, 0.05) is 49.2 Å². The lowest BCUT2D eigenvalue weighted by Gasteiger charge is -2.20. The number of nitrogens with zero attached hydrogens (tertiary/aromatic N) is 4. The summed E-state index contributed by atoms with van der Waals surface area (Å²) >= 11 is 0. The average Bonchev–Trinajstić information content (AvgIpc) is 2.91. The molecular weight excluding hydrogens is 580 g/mol. The molecule has 0 bridgehead atoms. The van der Waals surface area contributed by atoms with Crippen LogP contribution >= 0.6 is 8.03 Å². The van der Waals surface area contributed by atoms with Gasteiger partial charge in [-0.1, -0.05) is 36.4 Å². The van der Waals surface area contributed by atoms with Gasteiger partial charge in [-0.25, -0.2) is 18.4 Å². The summed E-state index contributed by atoms with van der Waals surface area (Å²) < 4.78 is 77.9. The van der Waals surface area contributed by atoms with Gasteiger partial charge in [0.05, 0.1) is 6.26 Å². The molecule has 1 atom stereocenters. The first-order valence-corrected chi connectivity index (χ1v) is 15.0. The number of nitrogens with one attached hydrogen (secondary N) is 2. The second kappa shape index (κ2) is 12.2. The Labute approximate surface area is 235 Å². The van der Waals surface area contributed by atoms with Gasteiger partial charge in [0.1, 0.15) is 17.2 Å². The molecule has 2 aromatic carbocycles. The van der Waals surface area contributed by atoms with E-state index in [1.54, 1.807) is 54.6 Å². The molecule has 41 heavy (non-hydrogen) atoms. The van der Waals surface area contributed by atoms with E-state index in [4.69, 9.17) is 0 Å². The van der Waals surface area contributed by atoms with E-state index in [2.05, 4.69) is 25.6 Å². The first-order valence-electron chi connectivity index (χ1n) is 12.0. The molecular formula is C26H25F3N6O4PS+. The minimum absolute atomic E-state index is 0.0626. The van der Waals surface area contributed by atoms with Gasteiger partial charge in [-0.2, -0.15) is 23.0 Å². The van der Waals surface area contributed by atoms with Crippen molar-refractivity contribution in [3.8, 4) is 0 Å². The minimum Gasteiger partial charge on any atom is -0.365 e. The highest BCUT2D eigenvalue weighted by atomic mass is 32.2. The predicted octanol–water partition coefficient (Wildman–Crippen LogP) is 4.59. The van der Waals surface area contributed by atoms with Crippen molar-refractivity contribution in [2.75, 3.05) is 28.2 Å². The van der Waals surface area contributed by atoms with Crippen LogP contribution in [0.4, 0.5) is 36.4 Å². The number of hydrogen-bond acceptors (Lipinski definition) is 8. The van der Waals surface area contributed by atoms with Gasteiger partial charge < -0.3 is 10.6 Å². The van der Waals surface area contributed by atoms with E-state index in [0.717, 1.165) is 16.1 Å². The fraction of sp³-hybridized carbons (Fsp3) is 0.192. The summed E-state index contributed by atoms with van der Waals surface area (Å²) in [6.07, 6.45) is -1.38. The predicted molar refractivity (Wildman–Crippen MR) is 150 cm³/mol. The highest BCUT2D eigenvalue weighted by molar-refractivity contribution is 7.92. The molecule has 0 aliphatic carbocycles. The SMILES string of the molecule is CN(c1ncccc1CNc1nc(Nc2cccc(Cc3ccccc3[P+](=O)O)c2)ncc1C(F)(F)F)S(C)(=O)=O. The van der Waals surface area contributed by atoms with Gasteiger partial charge >= 0.3 is 14.2 Å². The van der Waals surface area contributed by atoms with Gasteiger partial charge in [0.2, 0.25) is 21.3 Å². The zero-order valence-electron chi connectivity index (χ0n) is 21.8. The zero-order valence-corrected chi connectivity index (χ0v) is 23.5. The normalized spacial score (nSPS) is 12.1. The van der Waals surface area contributed by atoms with Gasteiger partial charge in [-0.05, 0) is 34.4 Å². The van der Waals surface area contributed by atoms with E-state index in [-0.39, 0.29) is 18.3 Å². The summed E-state index contributed by atoms with van der Waals surface area (Å²) in [5, 5.41) is 5.86. The van der Waals surface area contributed by atoms with Crippen LogP contribution in [0.2, 0.25) is 0 Å². The maximum atomic E-state index is 13.8. The third-order valence-corrected chi connectivity index (χ3v) is 8.00. The highest BCUT2D eigenvalue weighted by Crippen LogP contribution is 2.34. The summed E-state index contributed by atoms with van der Waals surface area (Å²) in [7, 11) is -4.90. The van der Waals surface area contributed by atoms with Crippen LogP contribution in [0.3, 0.4) is 0 Å². The van der Waals surface area contributed by atoms with Crippen molar-refractivity contribution in [3.63, 3.8) is 0 Å². The van der Waals surface area contributed by atoms with Gasteiger partial charge in [-0.15, -0.1) is 0 Å². The highest BCUT2D eigenvalue weighted by Gasteiger charge is 2.35. The van der Waals surface area contributed by atoms with Crippen molar-refractivity contribution < 1.29 is 31.0 Å². The van der Waals surface area contributed by atoms with Crippen LogP contribution in [0, 0.1) is 0 Å². The van der Waals surface area contributed by atoms with E-state index >= 15 is 0 Å². The molecule has 15 heteroatoms. The summed E-state index contributed by atoms with van der Waals surface area (Å²) in [5.74, 6) is -0.563. The van der Waals surface area contributed by atoms with Gasteiger partial charge in [0.25, 0.3) is 0 Å². The molecule has 0 aliphatic rings. The number of benzene rings is 2. The Morgan fingerprint density at radius 1 is 1.02 bits per heavy atom. The molecule has 2 heterocycles. The standard InChI is InChI=1S/C26H24F3N6O4PS/c1-35(41(2,38)39)24-19(9-6-12-30-24)15-31-23-21(26(27,28)29)16-32-25(34-23)33-20-10-5-7-17(14-20)13-18-8-3-4-11-22(18)40(36)37/h3-12,14,16H,13,15H2,1-2H3,(H2-,31,32,33,34,36,37)/p+1. The first kappa shape index (κ1) is 29.8. The summed E-state index contributed by atoms with van der Waals surface area (Å²) in [4.78, 5) is 21.5. The largest absolute Gasteiger partial charge is 0.546 e. The van der Waals surface area contributed by atoms with Crippen molar-refractivity contribution in [1.29, 1.82) is 0 Å². The van der Waals surface area contributed by atoms with E-state index < -0.39 is 35.6 Å². The van der Waals surface area contributed by atoms with Crippen LogP contribution in [0.15, 0.2) is 73.1 Å². The lowest BCUT2D eigenvalue weighted by atomic mass is 10.0. The Morgan fingerprint density at radius 2 is 1.76 bits per heavy atom.